The Balaban J connectivity index is 1.33. The number of aliphatic hydroxyl groups excluding tert-OH is 1. The van der Waals surface area contributed by atoms with Gasteiger partial charge in [-0.25, -0.2) is 0 Å². The molecule has 6 aliphatic rings. The number of hydrogen-bond donors (Lipinski definition) is 2. The molecule has 6 atom stereocenters. The van der Waals surface area contributed by atoms with Crippen molar-refractivity contribution < 1.29 is 38.8 Å². The van der Waals surface area contributed by atoms with Crippen LogP contribution >= 0.6 is 0 Å². The van der Waals surface area contributed by atoms with Crippen molar-refractivity contribution in [2.45, 2.75) is 154 Å². The Morgan fingerprint density at radius 2 is 1.67 bits per heavy atom. The Hall–Kier alpha value is -3.69. The number of ether oxygens (including phenoxy) is 3. The van der Waals surface area contributed by atoms with E-state index in [9.17, 15) is 19.8 Å². The number of fused-ring (bicyclic) bond motifs is 10. The molecule has 2 N–H and O–H groups in total. The molecule has 9 nitrogen and oxygen atoms in total. The summed E-state index contributed by atoms with van der Waals surface area (Å²) in [5.74, 6) is 0.515. The normalized spacial score (nSPS) is 32.6. The van der Waals surface area contributed by atoms with E-state index in [1.807, 2.05) is 39.0 Å². The van der Waals surface area contributed by atoms with E-state index in [1.54, 1.807) is 25.2 Å². The van der Waals surface area contributed by atoms with E-state index in [2.05, 4.69) is 32.1 Å². The summed E-state index contributed by atoms with van der Waals surface area (Å²) in [5.41, 5.74) is -0.466. The summed E-state index contributed by atoms with van der Waals surface area (Å²) in [6, 6.07) is 11.7. The third-order valence-electron chi connectivity index (χ3n) is 15.9. The lowest BCUT2D eigenvalue weighted by Crippen LogP contribution is -2.60. The third-order valence-corrected chi connectivity index (χ3v) is 15.9. The Morgan fingerprint density at radius 1 is 0.912 bits per heavy atom. The highest BCUT2D eigenvalue weighted by Crippen LogP contribution is 2.66. The van der Waals surface area contributed by atoms with Crippen molar-refractivity contribution in [1.82, 2.24) is 4.90 Å². The van der Waals surface area contributed by atoms with Crippen LogP contribution in [0.15, 0.2) is 48.0 Å². The molecule has 0 aromatic heterocycles. The highest BCUT2D eigenvalue weighted by Gasteiger charge is 2.76. The maximum absolute atomic E-state index is 15.4. The zero-order chi connectivity index (χ0) is 41.0. The van der Waals surface area contributed by atoms with Crippen LogP contribution in [-0.2, 0) is 27.3 Å². The molecule has 3 saturated carbocycles. The lowest BCUT2D eigenvalue weighted by atomic mass is 9.64. The van der Waals surface area contributed by atoms with E-state index in [1.165, 1.54) is 5.57 Å². The number of Topliss-reactive ketones (excluding diaryl/α,β-unsaturated/α-hetero) is 1. The number of methoxy groups -OCH3 is 2. The smallest absolute Gasteiger partial charge is 0.313 e. The Morgan fingerprint density at radius 3 is 2.33 bits per heavy atom. The minimum Gasteiger partial charge on any atom is -0.497 e. The highest BCUT2D eigenvalue weighted by atomic mass is 16.6. The van der Waals surface area contributed by atoms with Crippen LogP contribution in [0.5, 0.6) is 11.5 Å². The second kappa shape index (κ2) is 15.5. The average Bonchev–Trinajstić information content (AvgIpc) is 3.63. The number of nitrogens with zero attached hydrogens (tertiary/aromatic N) is 1. The second-order valence-corrected chi connectivity index (χ2v) is 19.2. The zero-order valence-corrected chi connectivity index (χ0v) is 35.4. The van der Waals surface area contributed by atoms with E-state index in [-0.39, 0.29) is 42.6 Å². The van der Waals surface area contributed by atoms with E-state index >= 15 is 4.79 Å². The quantitative estimate of drug-likeness (QED) is 0.147. The summed E-state index contributed by atoms with van der Waals surface area (Å²) < 4.78 is 17.5. The van der Waals surface area contributed by atoms with Gasteiger partial charge in [0.2, 0.25) is 0 Å². The van der Waals surface area contributed by atoms with E-state index in [0.29, 0.717) is 62.9 Å². The number of amides is 1. The van der Waals surface area contributed by atoms with E-state index in [0.717, 1.165) is 60.8 Å². The predicted octanol–water partition coefficient (Wildman–Crippen LogP) is 8.66. The van der Waals surface area contributed by atoms with Crippen LogP contribution in [0.3, 0.4) is 0 Å². The van der Waals surface area contributed by atoms with Crippen molar-refractivity contribution in [3.63, 3.8) is 0 Å². The predicted molar refractivity (Wildman–Crippen MR) is 219 cm³/mol. The van der Waals surface area contributed by atoms with Gasteiger partial charge in [0.25, 0.3) is 5.91 Å². The first kappa shape index (κ1) is 41.5. The Bertz CT molecular complexity index is 1910. The lowest BCUT2D eigenvalue weighted by Gasteiger charge is -2.48. The maximum Gasteiger partial charge on any atom is 0.313 e. The SMILES string of the molecule is COc1ccc(CN(CC2(O)CCC3c4ccc(cc4C(=O)C4CCCCC4)CC(O)CCC(C)=CCCC32C)C(=O)C23CCC(C)(C(=O)O2)C3(C)C)c(OC)c1. The van der Waals surface area contributed by atoms with Gasteiger partial charge in [-0.05, 0) is 120 Å². The molecular weight excluding hydrogens is 719 g/mol. The van der Waals surface area contributed by atoms with Gasteiger partial charge in [0.05, 0.1) is 37.9 Å². The molecule has 0 spiro atoms. The van der Waals surface area contributed by atoms with Crippen molar-refractivity contribution in [2.75, 3.05) is 20.8 Å². The van der Waals surface area contributed by atoms with Crippen molar-refractivity contribution in [1.29, 1.82) is 0 Å². The number of ketones is 1. The van der Waals surface area contributed by atoms with Crippen molar-refractivity contribution >= 4 is 17.7 Å². The zero-order valence-electron chi connectivity index (χ0n) is 35.4. The van der Waals surface area contributed by atoms with E-state index in [4.69, 9.17) is 14.2 Å². The molecule has 9 heteroatoms. The molecule has 1 saturated heterocycles. The number of carbonyl (C=O) groups excluding carboxylic acids is 3. The van der Waals surface area contributed by atoms with Gasteiger partial charge in [0, 0.05) is 40.5 Å². The molecule has 1 aliphatic heterocycles. The number of allylic oxidation sites excluding steroid dienone is 2. The van der Waals surface area contributed by atoms with Crippen LogP contribution in [0, 0.1) is 22.2 Å². The summed E-state index contributed by atoms with van der Waals surface area (Å²) in [6.07, 6.45) is 12.0. The molecule has 1 heterocycles. The third kappa shape index (κ3) is 6.92. The van der Waals surface area contributed by atoms with Gasteiger partial charge < -0.3 is 29.3 Å². The molecule has 4 fully saturated rings. The van der Waals surface area contributed by atoms with Crippen molar-refractivity contribution in [2.24, 2.45) is 22.2 Å². The number of hydrogen-bond acceptors (Lipinski definition) is 8. The number of benzene rings is 2. The Labute approximate surface area is 339 Å². The van der Waals surface area contributed by atoms with Gasteiger partial charge in [0.1, 0.15) is 11.5 Å². The van der Waals surface area contributed by atoms with Crippen LogP contribution < -0.4 is 9.47 Å². The van der Waals surface area contributed by atoms with Gasteiger partial charge >= 0.3 is 5.97 Å². The highest BCUT2D eigenvalue weighted by molar-refractivity contribution is 6.00. The molecule has 8 rings (SSSR count). The van der Waals surface area contributed by atoms with Crippen LogP contribution in [0.25, 0.3) is 0 Å². The molecule has 2 aromatic carbocycles. The van der Waals surface area contributed by atoms with Gasteiger partial charge in [-0.15, -0.1) is 0 Å². The van der Waals surface area contributed by atoms with Gasteiger partial charge in [-0.3, -0.25) is 14.4 Å². The molecule has 6 unspecified atom stereocenters. The summed E-state index contributed by atoms with van der Waals surface area (Å²) in [7, 11) is 3.18. The van der Waals surface area contributed by atoms with Crippen molar-refractivity contribution in [3.05, 3.63) is 70.3 Å². The fraction of sp³-hybridized carbons (Fsp3) is 0.646. The van der Waals surface area contributed by atoms with E-state index < -0.39 is 33.6 Å². The fourth-order valence-electron chi connectivity index (χ4n) is 11.5. The topological polar surface area (TPSA) is 123 Å². The molecule has 4 bridgehead atoms. The molecular formula is C48H65NO8. The second-order valence-electron chi connectivity index (χ2n) is 19.2. The number of rotatable bonds is 9. The summed E-state index contributed by atoms with van der Waals surface area (Å²) >= 11 is 0. The lowest BCUT2D eigenvalue weighted by molar-refractivity contribution is -0.178. The minimum atomic E-state index is -1.38. The van der Waals surface area contributed by atoms with Crippen molar-refractivity contribution in [3.8, 4) is 11.5 Å². The molecule has 57 heavy (non-hydrogen) atoms. The summed E-state index contributed by atoms with van der Waals surface area (Å²) in [5, 5.41) is 24.5. The van der Waals surface area contributed by atoms with Gasteiger partial charge in [-0.1, -0.05) is 63.8 Å². The first-order valence-electron chi connectivity index (χ1n) is 21.5. The van der Waals surface area contributed by atoms with Gasteiger partial charge in [-0.2, -0.15) is 0 Å². The largest absolute Gasteiger partial charge is 0.497 e. The molecule has 1 amide bonds. The standard InChI is InChI=1S/C48H65NO8/c1-31-12-11-22-45(4)39(37-20-16-32(26-35(50)18-15-31)27-38(37)41(51)33-13-9-8-10-14-33)21-23-47(45,54)30-49(29-34-17-19-36(55-6)28-40(34)56-7)42(52)48-25-24-46(5,43(53)57-48)44(48,2)3/h12,16-17,19-20,27-28,33,35,39,50,54H,8-11,13-15,18,21-26,29-30H2,1-7H3. The monoisotopic (exact) mass is 783 g/mol. The molecule has 0 radical (unpaired) electrons. The first-order valence-corrected chi connectivity index (χ1v) is 21.5. The maximum atomic E-state index is 15.4. The number of esters is 1. The minimum absolute atomic E-state index is 0.0129. The van der Waals surface area contributed by atoms with Crippen LogP contribution in [-0.4, -0.2) is 70.8 Å². The summed E-state index contributed by atoms with van der Waals surface area (Å²) in [4.78, 5) is 45.2. The fourth-order valence-corrected chi connectivity index (χ4v) is 11.5. The molecule has 5 aliphatic carbocycles. The number of carbonyl (C=O) groups is 3. The molecule has 310 valence electrons. The number of aliphatic hydroxyl groups is 2. The Kier molecular flexibility index (Phi) is 11.3. The van der Waals surface area contributed by atoms with Crippen LogP contribution in [0.2, 0.25) is 0 Å². The van der Waals surface area contributed by atoms with Gasteiger partial charge in [0.15, 0.2) is 11.4 Å². The first-order chi connectivity index (χ1) is 27.0. The van der Waals surface area contributed by atoms with Crippen LogP contribution in [0.1, 0.15) is 151 Å². The summed E-state index contributed by atoms with van der Waals surface area (Å²) in [6.45, 7) is 10.3. The average molecular weight is 784 g/mol. The molecule has 2 aromatic rings. The van der Waals surface area contributed by atoms with Crippen LogP contribution in [0.4, 0.5) is 0 Å².